The first-order valence-corrected chi connectivity index (χ1v) is 7.04. The number of rotatable bonds is 7. The minimum atomic E-state index is -0.879. The topological polar surface area (TPSA) is 57.6 Å². The summed E-state index contributed by atoms with van der Waals surface area (Å²) in [7, 11) is 0. The molecule has 1 rings (SSSR count). The molecule has 1 aromatic rings. The molecule has 0 heterocycles. The van der Waals surface area contributed by atoms with Gasteiger partial charge in [0.1, 0.15) is 0 Å². The lowest BCUT2D eigenvalue weighted by Gasteiger charge is -2.30. The third-order valence-corrected chi connectivity index (χ3v) is 3.38. The van der Waals surface area contributed by atoms with Crippen LogP contribution in [0.4, 0.5) is 0 Å². The third-order valence-electron chi connectivity index (χ3n) is 3.38. The molecule has 0 saturated carbocycles. The molecule has 0 aliphatic carbocycles. The van der Waals surface area contributed by atoms with Gasteiger partial charge in [-0.25, -0.2) is 0 Å². The molecule has 1 unspecified atom stereocenters. The summed E-state index contributed by atoms with van der Waals surface area (Å²) < 4.78 is 0. The molecule has 1 N–H and O–H groups in total. The van der Waals surface area contributed by atoms with Crippen LogP contribution in [0, 0.1) is 0 Å². The van der Waals surface area contributed by atoms with Crippen LogP contribution >= 0.6 is 0 Å². The molecular formula is C16H23NO3. The average molecular weight is 277 g/mol. The molecular weight excluding hydrogens is 254 g/mol. The van der Waals surface area contributed by atoms with E-state index in [1.54, 1.807) is 4.90 Å². The molecule has 4 heteroatoms. The van der Waals surface area contributed by atoms with Crippen LogP contribution in [-0.2, 0) is 9.59 Å². The predicted octanol–water partition coefficient (Wildman–Crippen LogP) is 2.89. The first-order chi connectivity index (χ1) is 9.47. The summed E-state index contributed by atoms with van der Waals surface area (Å²) >= 11 is 0. The number of aliphatic carboxylic acids is 1. The van der Waals surface area contributed by atoms with Crippen molar-refractivity contribution in [3.8, 4) is 0 Å². The Labute approximate surface area is 120 Å². The number of amides is 1. The SMILES string of the molecule is CCC(C(=O)N(CCC(=O)O)C(C)C)c1ccccc1. The van der Waals surface area contributed by atoms with Crippen molar-refractivity contribution in [2.75, 3.05) is 6.54 Å². The zero-order valence-corrected chi connectivity index (χ0v) is 12.4. The predicted molar refractivity (Wildman–Crippen MR) is 78.6 cm³/mol. The van der Waals surface area contributed by atoms with Gasteiger partial charge in [-0.15, -0.1) is 0 Å². The Morgan fingerprint density at radius 1 is 1.20 bits per heavy atom. The van der Waals surface area contributed by atoms with Crippen LogP contribution in [0.15, 0.2) is 30.3 Å². The first kappa shape index (κ1) is 16.2. The maximum absolute atomic E-state index is 12.7. The summed E-state index contributed by atoms with van der Waals surface area (Å²) in [5.74, 6) is -1.07. The molecule has 0 spiro atoms. The Bertz CT molecular complexity index is 442. The van der Waals surface area contributed by atoms with Crippen molar-refractivity contribution in [3.63, 3.8) is 0 Å². The van der Waals surface area contributed by atoms with Gasteiger partial charge in [-0.05, 0) is 25.8 Å². The van der Waals surface area contributed by atoms with E-state index in [1.807, 2.05) is 51.1 Å². The van der Waals surface area contributed by atoms with Crippen LogP contribution in [0.1, 0.15) is 45.1 Å². The fourth-order valence-electron chi connectivity index (χ4n) is 2.28. The highest BCUT2D eigenvalue weighted by Crippen LogP contribution is 2.23. The Morgan fingerprint density at radius 3 is 2.25 bits per heavy atom. The van der Waals surface area contributed by atoms with E-state index in [-0.39, 0.29) is 30.8 Å². The molecule has 1 amide bonds. The van der Waals surface area contributed by atoms with Crippen molar-refractivity contribution in [1.82, 2.24) is 4.90 Å². The van der Waals surface area contributed by atoms with Crippen LogP contribution in [-0.4, -0.2) is 34.5 Å². The first-order valence-electron chi connectivity index (χ1n) is 7.04. The van der Waals surface area contributed by atoms with Crippen molar-refractivity contribution in [2.45, 2.75) is 45.6 Å². The lowest BCUT2D eigenvalue weighted by atomic mass is 9.94. The van der Waals surface area contributed by atoms with Crippen LogP contribution in [0.25, 0.3) is 0 Å². The smallest absolute Gasteiger partial charge is 0.305 e. The van der Waals surface area contributed by atoms with Gasteiger partial charge < -0.3 is 10.0 Å². The number of nitrogens with zero attached hydrogens (tertiary/aromatic N) is 1. The fraction of sp³-hybridized carbons (Fsp3) is 0.500. The molecule has 1 aromatic carbocycles. The second-order valence-corrected chi connectivity index (χ2v) is 5.14. The van der Waals surface area contributed by atoms with Crippen molar-refractivity contribution < 1.29 is 14.7 Å². The molecule has 0 radical (unpaired) electrons. The van der Waals surface area contributed by atoms with E-state index in [1.165, 1.54) is 0 Å². The zero-order chi connectivity index (χ0) is 15.1. The van der Waals surface area contributed by atoms with Gasteiger partial charge >= 0.3 is 5.97 Å². The summed E-state index contributed by atoms with van der Waals surface area (Å²) in [6, 6.07) is 9.65. The van der Waals surface area contributed by atoms with Gasteiger partial charge in [0.05, 0.1) is 12.3 Å². The van der Waals surface area contributed by atoms with E-state index >= 15 is 0 Å². The molecule has 0 aliphatic rings. The minimum absolute atomic E-state index is 0.000359. The number of carboxylic acids is 1. The lowest BCUT2D eigenvalue weighted by Crippen LogP contribution is -2.41. The van der Waals surface area contributed by atoms with E-state index in [9.17, 15) is 9.59 Å². The van der Waals surface area contributed by atoms with Gasteiger partial charge in [0.2, 0.25) is 5.91 Å². The second kappa shape index (κ2) is 7.68. The summed E-state index contributed by atoms with van der Waals surface area (Å²) in [5, 5.41) is 8.80. The Hall–Kier alpha value is -1.84. The lowest BCUT2D eigenvalue weighted by molar-refractivity contribution is -0.139. The monoisotopic (exact) mass is 277 g/mol. The molecule has 0 saturated heterocycles. The molecule has 1 atom stereocenters. The van der Waals surface area contributed by atoms with E-state index in [4.69, 9.17) is 5.11 Å². The molecule has 0 bridgehead atoms. The average Bonchev–Trinajstić information content (AvgIpc) is 2.40. The molecule has 20 heavy (non-hydrogen) atoms. The molecule has 0 aromatic heterocycles. The summed E-state index contributed by atoms with van der Waals surface area (Å²) in [4.78, 5) is 25.0. The maximum atomic E-state index is 12.7. The van der Waals surface area contributed by atoms with Gasteiger partial charge in [-0.2, -0.15) is 0 Å². The number of benzene rings is 1. The summed E-state index contributed by atoms with van der Waals surface area (Å²) in [6.07, 6.45) is 0.689. The van der Waals surface area contributed by atoms with Gasteiger partial charge in [0, 0.05) is 12.6 Å². The Morgan fingerprint density at radius 2 is 1.80 bits per heavy atom. The second-order valence-electron chi connectivity index (χ2n) is 5.14. The summed E-state index contributed by atoms with van der Waals surface area (Å²) in [5.41, 5.74) is 0.987. The highest BCUT2D eigenvalue weighted by Gasteiger charge is 2.26. The van der Waals surface area contributed by atoms with E-state index < -0.39 is 5.97 Å². The van der Waals surface area contributed by atoms with Gasteiger partial charge in [-0.1, -0.05) is 37.3 Å². The number of hydrogen-bond acceptors (Lipinski definition) is 2. The zero-order valence-electron chi connectivity index (χ0n) is 12.4. The highest BCUT2D eigenvalue weighted by atomic mass is 16.4. The summed E-state index contributed by atoms with van der Waals surface area (Å²) in [6.45, 7) is 6.06. The van der Waals surface area contributed by atoms with Gasteiger partial charge in [0.15, 0.2) is 0 Å². The third kappa shape index (κ3) is 4.37. The van der Waals surface area contributed by atoms with Crippen LogP contribution in [0.5, 0.6) is 0 Å². The van der Waals surface area contributed by atoms with Crippen LogP contribution in [0.3, 0.4) is 0 Å². The van der Waals surface area contributed by atoms with E-state index in [0.717, 1.165) is 5.56 Å². The van der Waals surface area contributed by atoms with Gasteiger partial charge in [0.25, 0.3) is 0 Å². The largest absolute Gasteiger partial charge is 0.481 e. The fourth-order valence-corrected chi connectivity index (χ4v) is 2.28. The Balaban J connectivity index is 2.89. The number of carboxylic acid groups (broad SMARTS) is 1. The van der Waals surface area contributed by atoms with E-state index in [0.29, 0.717) is 6.42 Å². The minimum Gasteiger partial charge on any atom is -0.481 e. The number of carbonyl (C=O) groups excluding carboxylic acids is 1. The van der Waals surface area contributed by atoms with Crippen LogP contribution in [0.2, 0.25) is 0 Å². The molecule has 4 nitrogen and oxygen atoms in total. The molecule has 110 valence electrons. The quantitative estimate of drug-likeness (QED) is 0.833. The number of hydrogen-bond donors (Lipinski definition) is 1. The van der Waals surface area contributed by atoms with Crippen LogP contribution < -0.4 is 0 Å². The van der Waals surface area contributed by atoms with Crippen molar-refractivity contribution in [1.29, 1.82) is 0 Å². The standard InChI is InChI=1S/C16H23NO3/c1-4-14(13-8-6-5-7-9-13)16(20)17(12(2)3)11-10-15(18)19/h5-9,12,14H,4,10-11H2,1-3H3,(H,18,19). The van der Waals surface area contributed by atoms with Crippen molar-refractivity contribution in [2.24, 2.45) is 0 Å². The molecule has 0 fully saturated rings. The maximum Gasteiger partial charge on any atom is 0.305 e. The van der Waals surface area contributed by atoms with Crippen molar-refractivity contribution in [3.05, 3.63) is 35.9 Å². The number of carbonyl (C=O) groups is 2. The Kier molecular flexibility index (Phi) is 6.22. The van der Waals surface area contributed by atoms with Gasteiger partial charge in [-0.3, -0.25) is 9.59 Å². The molecule has 0 aliphatic heterocycles. The van der Waals surface area contributed by atoms with Crippen molar-refractivity contribution >= 4 is 11.9 Å². The van der Waals surface area contributed by atoms with E-state index in [2.05, 4.69) is 0 Å². The highest BCUT2D eigenvalue weighted by molar-refractivity contribution is 5.84. The normalized spacial score (nSPS) is 12.2.